The molecule has 3 rings (SSSR count). The van der Waals surface area contributed by atoms with Crippen LogP contribution in [0.4, 0.5) is 11.4 Å². The van der Waals surface area contributed by atoms with E-state index in [-0.39, 0.29) is 11.6 Å². The molecule has 26 heavy (non-hydrogen) atoms. The van der Waals surface area contributed by atoms with Crippen LogP contribution >= 0.6 is 23.8 Å². The second kappa shape index (κ2) is 6.86. The number of carbonyl (C=O) groups excluding carboxylic acids is 1. The van der Waals surface area contributed by atoms with E-state index in [4.69, 9.17) is 23.8 Å². The van der Waals surface area contributed by atoms with E-state index < -0.39 is 4.92 Å². The molecule has 6 nitrogen and oxygen atoms in total. The lowest BCUT2D eigenvalue weighted by Gasteiger charge is -2.17. The molecule has 132 valence electrons. The van der Waals surface area contributed by atoms with E-state index >= 15 is 0 Å². The van der Waals surface area contributed by atoms with Gasteiger partial charge in [0.15, 0.2) is 5.11 Å². The number of benzene rings is 2. The number of nitrogens with zero attached hydrogens (tertiary/aromatic N) is 3. The second-order valence-electron chi connectivity index (χ2n) is 5.79. The number of anilines is 1. The van der Waals surface area contributed by atoms with Gasteiger partial charge in [-0.25, -0.2) is 0 Å². The van der Waals surface area contributed by atoms with E-state index in [1.54, 1.807) is 42.3 Å². The van der Waals surface area contributed by atoms with Gasteiger partial charge in [0, 0.05) is 24.2 Å². The van der Waals surface area contributed by atoms with Gasteiger partial charge in [-0.15, -0.1) is 0 Å². The summed E-state index contributed by atoms with van der Waals surface area (Å²) in [5.74, 6) is -0.282. The van der Waals surface area contributed by atoms with Crippen molar-refractivity contribution < 1.29 is 9.72 Å². The van der Waals surface area contributed by atoms with Crippen molar-refractivity contribution in [3.05, 3.63) is 74.4 Å². The summed E-state index contributed by atoms with van der Waals surface area (Å²) >= 11 is 11.6. The summed E-state index contributed by atoms with van der Waals surface area (Å²) in [6.07, 6.45) is 1.65. The number of halogens is 1. The number of aryl methyl sites for hydroxylation is 1. The van der Waals surface area contributed by atoms with Crippen molar-refractivity contribution in [1.82, 2.24) is 4.90 Å². The van der Waals surface area contributed by atoms with Crippen molar-refractivity contribution in [2.24, 2.45) is 0 Å². The van der Waals surface area contributed by atoms with E-state index in [1.807, 2.05) is 13.0 Å². The molecule has 1 aliphatic heterocycles. The monoisotopic (exact) mass is 387 g/mol. The van der Waals surface area contributed by atoms with Crippen LogP contribution in [0.1, 0.15) is 11.1 Å². The first-order chi connectivity index (χ1) is 12.3. The van der Waals surface area contributed by atoms with Crippen LogP contribution in [0, 0.1) is 17.0 Å². The zero-order valence-electron chi connectivity index (χ0n) is 14.0. The van der Waals surface area contributed by atoms with Crippen molar-refractivity contribution in [2.75, 3.05) is 11.9 Å². The second-order valence-corrected chi connectivity index (χ2v) is 6.57. The molecule has 1 heterocycles. The Hall–Kier alpha value is -2.77. The Balaban J connectivity index is 1.96. The molecule has 0 bridgehead atoms. The molecular weight excluding hydrogens is 374 g/mol. The molecule has 0 radical (unpaired) electrons. The summed E-state index contributed by atoms with van der Waals surface area (Å²) in [5.41, 5.74) is 2.53. The summed E-state index contributed by atoms with van der Waals surface area (Å²) < 4.78 is 0. The molecule has 1 aliphatic rings. The normalized spacial score (nSPS) is 15.9. The van der Waals surface area contributed by atoms with E-state index in [2.05, 4.69) is 0 Å². The first-order valence-corrected chi connectivity index (χ1v) is 8.42. The lowest BCUT2D eigenvalue weighted by molar-refractivity contribution is -0.384. The van der Waals surface area contributed by atoms with Crippen LogP contribution in [0.3, 0.4) is 0 Å². The van der Waals surface area contributed by atoms with Gasteiger partial charge in [-0.1, -0.05) is 17.7 Å². The van der Waals surface area contributed by atoms with Gasteiger partial charge in [-0.2, -0.15) is 0 Å². The van der Waals surface area contributed by atoms with Crippen molar-refractivity contribution >= 4 is 52.3 Å². The Labute approximate surface area is 160 Å². The number of nitro groups is 1. The number of non-ortho nitro benzene ring substituents is 1. The number of hydrogen-bond acceptors (Lipinski definition) is 4. The average Bonchev–Trinajstić information content (AvgIpc) is 2.81. The molecule has 0 atom stereocenters. The van der Waals surface area contributed by atoms with Crippen LogP contribution < -0.4 is 4.90 Å². The fraction of sp³-hybridized carbons (Fsp3) is 0.111. The number of nitro benzene ring substituents is 1. The van der Waals surface area contributed by atoms with Gasteiger partial charge in [0.1, 0.15) is 5.70 Å². The minimum atomic E-state index is -0.470. The smallest absolute Gasteiger partial charge is 0.281 e. The topological polar surface area (TPSA) is 66.7 Å². The molecule has 0 saturated carbocycles. The van der Waals surface area contributed by atoms with Crippen molar-refractivity contribution in [3.63, 3.8) is 0 Å². The van der Waals surface area contributed by atoms with Gasteiger partial charge >= 0.3 is 0 Å². The maximum atomic E-state index is 12.9. The number of rotatable bonds is 3. The van der Waals surface area contributed by atoms with Gasteiger partial charge in [-0.3, -0.25) is 19.8 Å². The quantitative estimate of drug-likeness (QED) is 0.342. The summed E-state index contributed by atoms with van der Waals surface area (Å²) in [6.45, 7) is 1.88. The van der Waals surface area contributed by atoms with Crippen LogP contribution in [-0.4, -0.2) is 27.9 Å². The lowest BCUT2D eigenvalue weighted by Crippen LogP contribution is -2.31. The highest BCUT2D eigenvalue weighted by Gasteiger charge is 2.36. The summed E-state index contributed by atoms with van der Waals surface area (Å²) in [7, 11) is 1.70. The van der Waals surface area contributed by atoms with E-state index in [0.717, 1.165) is 5.56 Å². The summed E-state index contributed by atoms with van der Waals surface area (Å²) in [4.78, 5) is 26.2. The highest BCUT2D eigenvalue weighted by atomic mass is 35.5. The number of carbonyl (C=O) groups is 1. The van der Waals surface area contributed by atoms with Gasteiger partial charge in [0.05, 0.1) is 10.6 Å². The van der Waals surface area contributed by atoms with Crippen LogP contribution in [0.15, 0.2) is 48.2 Å². The molecule has 2 aromatic carbocycles. The van der Waals surface area contributed by atoms with E-state index in [9.17, 15) is 14.9 Å². The fourth-order valence-electron chi connectivity index (χ4n) is 2.56. The van der Waals surface area contributed by atoms with Crippen LogP contribution in [0.25, 0.3) is 6.08 Å². The summed E-state index contributed by atoms with van der Waals surface area (Å²) in [6, 6.07) is 11.3. The Kier molecular flexibility index (Phi) is 4.76. The first-order valence-electron chi connectivity index (χ1n) is 7.64. The van der Waals surface area contributed by atoms with Crippen LogP contribution in [-0.2, 0) is 4.79 Å². The predicted molar refractivity (Wildman–Crippen MR) is 105 cm³/mol. The Morgan fingerprint density at radius 2 is 1.85 bits per heavy atom. The molecule has 8 heteroatoms. The zero-order chi connectivity index (χ0) is 19.0. The zero-order valence-corrected chi connectivity index (χ0v) is 15.5. The van der Waals surface area contributed by atoms with Crippen LogP contribution in [0.5, 0.6) is 0 Å². The lowest BCUT2D eigenvalue weighted by atomic mass is 10.1. The molecule has 1 amide bonds. The standard InChI is InChI=1S/C18H14ClN3O3S/c1-11-3-6-14(10-15(11)19)21-17(23)16(20(2)18(21)26)9-12-4-7-13(8-5-12)22(24)25/h3-10H,1-2H3/b16-9-. The Bertz CT molecular complexity index is 957. The van der Waals surface area contributed by atoms with Crippen molar-refractivity contribution in [1.29, 1.82) is 0 Å². The fourth-order valence-corrected chi connectivity index (χ4v) is 3.02. The maximum Gasteiger partial charge on any atom is 0.281 e. The van der Waals surface area contributed by atoms with Crippen molar-refractivity contribution in [2.45, 2.75) is 6.92 Å². The Morgan fingerprint density at radius 3 is 2.42 bits per heavy atom. The third-order valence-corrected chi connectivity index (χ3v) is 4.95. The van der Waals surface area contributed by atoms with Crippen LogP contribution in [0.2, 0.25) is 5.02 Å². The Morgan fingerprint density at radius 1 is 1.19 bits per heavy atom. The van der Waals surface area contributed by atoms with Gasteiger partial charge in [0.25, 0.3) is 11.6 Å². The van der Waals surface area contributed by atoms with Gasteiger partial charge in [0.2, 0.25) is 0 Å². The molecule has 1 saturated heterocycles. The highest BCUT2D eigenvalue weighted by molar-refractivity contribution is 7.80. The minimum absolute atomic E-state index is 0.00954. The molecule has 0 aliphatic carbocycles. The maximum absolute atomic E-state index is 12.9. The molecular formula is C18H14ClN3O3S. The molecule has 0 aromatic heterocycles. The van der Waals surface area contributed by atoms with E-state index in [0.29, 0.717) is 27.1 Å². The minimum Gasteiger partial charge on any atom is -0.317 e. The largest absolute Gasteiger partial charge is 0.317 e. The number of hydrogen-bond donors (Lipinski definition) is 0. The number of thiocarbonyl (C=S) groups is 1. The molecule has 2 aromatic rings. The molecule has 0 spiro atoms. The SMILES string of the molecule is Cc1ccc(N2C(=O)/C(=C/c3ccc([N+](=O)[O-])cc3)N(C)C2=S)cc1Cl. The number of likely N-dealkylation sites (N-methyl/N-ethyl adjacent to an activating group) is 1. The third-order valence-electron chi connectivity index (χ3n) is 4.08. The third kappa shape index (κ3) is 3.18. The molecule has 1 fully saturated rings. The highest BCUT2D eigenvalue weighted by Crippen LogP contribution is 2.30. The van der Waals surface area contributed by atoms with Gasteiger partial charge < -0.3 is 4.90 Å². The van der Waals surface area contributed by atoms with Crippen molar-refractivity contribution in [3.8, 4) is 0 Å². The number of amides is 1. The summed E-state index contributed by atoms with van der Waals surface area (Å²) in [5, 5.41) is 11.6. The van der Waals surface area contributed by atoms with Gasteiger partial charge in [-0.05, 0) is 60.6 Å². The molecule has 0 N–H and O–H groups in total. The van der Waals surface area contributed by atoms with E-state index in [1.165, 1.54) is 17.0 Å². The average molecular weight is 388 g/mol. The first kappa shape index (κ1) is 18.0. The molecule has 0 unspecified atom stereocenters. The predicted octanol–water partition coefficient (Wildman–Crippen LogP) is 4.16.